The van der Waals surface area contributed by atoms with Gasteiger partial charge in [-0.3, -0.25) is 9.69 Å². The van der Waals surface area contributed by atoms with E-state index in [1.165, 1.54) is 4.90 Å². The number of carbonyl (C=O) groups is 2. The normalized spacial score (nSPS) is 24.6. The Bertz CT molecular complexity index is 272. The van der Waals surface area contributed by atoms with Crippen molar-refractivity contribution < 1.29 is 19.1 Å². The molecular formula is C11H19NO4. The number of ether oxygens (including phenoxy) is 2. The third kappa shape index (κ3) is 2.87. The molecule has 5 nitrogen and oxygen atoms in total. The molecule has 0 N–H and O–H groups in total. The quantitative estimate of drug-likeness (QED) is 0.692. The van der Waals surface area contributed by atoms with Crippen LogP contribution in [-0.2, 0) is 14.3 Å². The summed E-state index contributed by atoms with van der Waals surface area (Å²) in [7, 11) is 0. The van der Waals surface area contributed by atoms with Crippen LogP contribution in [0.2, 0.25) is 0 Å². The molecule has 0 radical (unpaired) electrons. The highest BCUT2D eigenvalue weighted by Gasteiger charge is 2.44. The predicted octanol–water partition coefficient (Wildman–Crippen LogP) is 1.76. The van der Waals surface area contributed by atoms with Gasteiger partial charge in [0.1, 0.15) is 5.60 Å². The lowest BCUT2D eigenvalue weighted by atomic mass is 9.95. The van der Waals surface area contributed by atoms with E-state index in [9.17, 15) is 9.59 Å². The highest BCUT2D eigenvalue weighted by molar-refractivity contribution is 5.69. The molecule has 1 rings (SSSR count). The van der Waals surface area contributed by atoms with Gasteiger partial charge in [0.2, 0.25) is 0 Å². The van der Waals surface area contributed by atoms with Crippen molar-refractivity contribution in [2.75, 3.05) is 6.54 Å². The van der Waals surface area contributed by atoms with Gasteiger partial charge in [-0.15, -0.1) is 0 Å². The fraction of sp³-hybridized carbons (Fsp3) is 0.818. The van der Waals surface area contributed by atoms with E-state index < -0.39 is 17.9 Å². The summed E-state index contributed by atoms with van der Waals surface area (Å²) in [6.07, 6.45) is -0.0148. The van der Waals surface area contributed by atoms with E-state index in [1.54, 1.807) is 20.8 Å². The minimum absolute atomic E-state index is 0.220. The molecule has 0 aromatic carbocycles. The van der Waals surface area contributed by atoms with Crippen molar-refractivity contribution in [1.82, 2.24) is 4.90 Å². The molecule has 0 saturated carbocycles. The van der Waals surface area contributed by atoms with Crippen LogP contribution < -0.4 is 0 Å². The molecule has 16 heavy (non-hydrogen) atoms. The summed E-state index contributed by atoms with van der Waals surface area (Å²) < 4.78 is 10.1. The molecular weight excluding hydrogens is 210 g/mol. The van der Waals surface area contributed by atoms with E-state index in [0.717, 1.165) is 6.42 Å². The van der Waals surface area contributed by atoms with Gasteiger partial charge in [0, 0.05) is 12.5 Å². The van der Waals surface area contributed by atoms with Crippen LogP contribution in [0.4, 0.5) is 4.79 Å². The van der Waals surface area contributed by atoms with Crippen molar-refractivity contribution in [3.05, 3.63) is 0 Å². The van der Waals surface area contributed by atoms with Gasteiger partial charge >= 0.3 is 6.09 Å². The molecule has 0 aromatic heterocycles. The van der Waals surface area contributed by atoms with E-state index in [-0.39, 0.29) is 5.92 Å². The van der Waals surface area contributed by atoms with Crippen molar-refractivity contribution in [3.63, 3.8) is 0 Å². The zero-order valence-corrected chi connectivity index (χ0v) is 10.2. The van der Waals surface area contributed by atoms with Gasteiger partial charge in [-0.25, -0.2) is 4.79 Å². The molecule has 2 atom stereocenters. The number of nitrogens with zero attached hydrogens (tertiary/aromatic N) is 1. The maximum Gasteiger partial charge on any atom is 0.413 e. The summed E-state index contributed by atoms with van der Waals surface area (Å²) in [6.45, 7) is 8.37. The molecule has 92 valence electrons. The first-order valence-electron chi connectivity index (χ1n) is 5.47. The fourth-order valence-electron chi connectivity index (χ4n) is 1.63. The highest BCUT2D eigenvalue weighted by atomic mass is 16.6. The monoisotopic (exact) mass is 229 g/mol. The Balaban J connectivity index is 2.54. The Morgan fingerprint density at radius 1 is 1.50 bits per heavy atom. The molecule has 1 fully saturated rings. The van der Waals surface area contributed by atoms with E-state index >= 15 is 0 Å². The van der Waals surface area contributed by atoms with E-state index in [4.69, 9.17) is 9.47 Å². The van der Waals surface area contributed by atoms with Crippen LogP contribution in [0.3, 0.4) is 0 Å². The van der Waals surface area contributed by atoms with Crippen molar-refractivity contribution in [3.8, 4) is 0 Å². The predicted molar refractivity (Wildman–Crippen MR) is 57.7 cm³/mol. The lowest BCUT2D eigenvalue weighted by Gasteiger charge is -2.45. The SMILES string of the molecule is CC[C@H]1CN(C(=O)OC(C)(C)C)[C@@H]1OC=O. The molecule has 0 spiro atoms. The van der Waals surface area contributed by atoms with Gasteiger partial charge in [0.25, 0.3) is 6.47 Å². The lowest BCUT2D eigenvalue weighted by Crippen LogP contribution is -2.60. The Morgan fingerprint density at radius 2 is 2.12 bits per heavy atom. The molecule has 0 bridgehead atoms. The van der Waals surface area contributed by atoms with Crippen LogP contribution in [0.1, 0.15) is 34.1 Å². The van der Waals surface area contributed by atoms with Crippen LogP contribution in [0.25, 0.3) is 0 Å². The zero-order chi connectivity index (χ0) is 12.3. The van der Waals surface area contributed by atoms with E-state index in [1.807, 2.05) is 6.92 Å². The third-order valence-corrected chi connectivity index (χ3v) is 2.49. The second-order valence-electron chi connectivity index (χ2n) is 4.92. The average molecular weight is 229 g/mol. The smallest absolute Gasteiger partial charge is 0.413 e. The van der Waals surface area contributed by atoms with Gasteiger partial charge in [0.15, 0.2) is 6.23 Å². The van der Waals surface area contributed by atoms with Crippen LogP contribution in [0, 0.1) is 5.92 Å². The second-order valence-corrected chi connectivity index (χ2v) is 4.92. The van der Waals surface area contributed by atoms with Gasteiger partial charge < -0.3 is 9.47 Å². The standard InChI is InChI=1S/C11H19NO4/c1-5-8-6-12(9(8)15-7-13)10(14)16-11(2,3)4/h7-9H,5-6H2,1-4H3/t8-,9+/m0/s1. The molecule has 1 heterocycles. The van der Waals surface area contributed by atoms with Gasteiger partial charge in [-0.1, -0.05) is 6.92 Å². The number of rotatable bonds is 3. The molecule has 0 aliphatic carbocycles. The topological polar surface area (TPSA) is 55.8 Å². The van der Waals surface area contributed by atoms with Crippen LogP contribution in [-0.4, -0.2) is 35.8 Å². The third-order valence-electron chi connectivity index (χ3n) is 2.49. The summed E-state index contributed by atoms with van der Waals surface area (Å²) in [5.74, 6) is 0.220. The molecule has 1 aliphatic rings. The fourth-order valence-corrected chi connectivity index (χ4v) is 1.63. The Morgan fingerprint density at radius 3 is 2.56 bits per heavy atom. The van der Waals surface area contributed by atoms with Gasteiger partial charge in [-0.05, 0) is 27.2 Å². The van der Waals surface area contributed by atoms with Crippen LogP contribution in [0.15, 0.2) is 0 Å². The van der Waals surface area contributed by atoms with Crippen molar-refractivity contribution in [2.24, 2.45) is 5.92 Å². The number of hydrogen-bond acceptors (Lipinski definition) is 4. The first kappa shape index (κ1) is 12.8. The average Bonchev–Trinajstić information content (AvgIpc) is 2.10. The highest BCUT2D eigenvalue weighted by Crippen LogP contribution is 2.29. The number of carbonyl (C=O) groups excluding carboxylic acids is 2. The second kappa shape index (κ2) is 4.72. The minimum Gasteiger partial charge on any atom is -0.444 e. The van der Waals surface area contributed by atoms with E-state index in [0.29, 0.717) is 13.0 Å². The summed E-state index contributed by atoms with van der Waals surface area (Å²) in [5.41, 5.74) is -0.528. The Kier molecular flexibility index (Phi) is 3.78. The lowest BCUT2D eigenvalue weighted by molar-refractivity contribution is -0.170. The van der Waals surface area contributed by atoms with Crippen LogP contribution >= 0.6 is 0 Å². The van der Waals surface area contributed by atoms with Gasteiger partial charge in [0.05, 0.1) is 0 Å². The number of amides is 1. The van der Waals surface area contributed by atoms with Crippen molar-refractivity contribution >= 4 is 12.6 Å². The van der Waals surface area contributed by atoms with Crippen molar-refractivity contribution in [1.29, 1.82) is 0 Å². The maximum absolute atomic E-state index is 11.7. The first-order chi connectivity index (χ1) is 7.39. The molecule has 0 unspecified atom stereocenters. The summed E-state index contributed by atoms with van der Waals surface area (Å²) in [5, 5.41) is 0. The molecule has 0 aromatic rings. The van der Waals surface area contributed by atoms with E-state index in [2.05, 4.69) is 0 Å². The largest absolute Gasteiger partial charge is 0.444 e. The minimum atomic E-state index is -0.528. The van der Waals surface area contributed by atoms with Gasteiger partial charge in [-0.2, -0.15) is 0 Å². The zero-order valence-electron chi connectivity index (χ0n) is 10.2. The van der Waals surface area contributed by atoms with Crippen LogP contribution in [0.5, 0.6) is 0 Å². The molecule has 1 saturated heterocycles. The summed E-state index contributed by atoms with van der Waals surface area (Å²) in [6, 6.07) is 0. The Hall–Kier alpha value is -1.26. The molecule has 5 heteroatoms. The first-order valence-corrected chi connectivity index (χ1v) is 5.47. The van der Waals surface area contributed by atoms with Crippen molar-refractivity contribution in [2.45, 2.75) is 45.9 Å². The molecule has 1 aliphatic heterocycles. The number of hydrogen-bond donors (Lipinski definition) is 0. The summed E-state index contributed by atoms with van der Waals surface area (Å²) in [4.78, 5) is 23.5. The summed E-state index contributed by atoms with van der Waals surface area (Å²) >= 11 is 0. The Labute approximate surface area is 95.7 Å². The molecule has 1 amide bonds. The maximum atomic E-state index is 11.7. The number of likely N-dealkylation sites (tertiary alicyclic amines) is 1.